The highest BCUT2D eigenvalue weighted by Gasteiger charge is 2.30. The van der Waals surface area contributed by atoms with E-state index >= 15 is 0 Å². The maximum Gasteiger partial charge on any atom is 0.154 e. The molecule has 5 nitrogen and oxygen atoms in total. The third-order valence-corrected chi connectivity index (χ3v) is 4.70. The van der Waals surface area contributed by atoms with Crippen LogP contribution in [0, 0.1) is 5.82 Å². The van der Waals surface area contributed by atoms with Crippen LogP contribution in [0.1, 0.15) is 18.9 Å². The van der Waals surface area contributed by atoms with Gasteiger partial charge in [0, 0.05) is 5.56 Å². The van der Waals surface area contributed by atoms with E-state index in [1.54, 1.807) is 0 Å². The lowest BCUT2D eigenvalue weighted by Gasteiger charge is -2.15. The first kappa shape index (κ1) is 13.8. The summed E-state index contributed by atoms with van der Waals surface area (Å²) in [7, 11) is -3.04. The van der Waals surface area contributed by atoms with Crippen LogP contribution in [0.25, 0.3) is 0 Å². The molecule has 1 fully saturated rings. The molecule has 1 saturated heterocycles. The van der Waals surface area contributed by atoms with Crippen LogP contribution in [0.5, 0.6) is 5.75 Å². The van der Waals surface area contributed by atoms with Crippen LogP contribution in [-0.2, 0) is 9.84 Å². The molecule has 1 heterocycles. The molecule has 0 radical (unpaired) electrons. The molecule has 7 heteroatoms. The van der Waals surface area contributed by atoms with Gasteiger partial charge in [-0.2, -0.15) is 0 Å². The predicted octanol–water partition coefficient (Wildman–Crippen LogP) is 1.59. The molecule has 1 atom stereocenters. The van der Waals surface area contributed by atoms with E-state index in [4.69, 9.17) is 9.94 Å². The molecule has 0 spiro atoms. The van der Waals surface area contributed by atoms with E-state index in [1.165, 1.54) is 25.1 Å². The zero-order chi connectivity index (χ0) is 14.0. The molecule has 0 aliphatic carbocycles. The highest BCUT2D eigenvalue weighted by molar-refractivity contribution is 7.91. The van der Waals surface area contributed by atoms with E-state index in [1.807, 2.05) is 0 Å². The second kappa shape index (κ2) is 5.16. The average molecular weight is 287 g/mol. The van der Waals surface area contributed by atoms with Gasteiger partial charge in [0.2, 0.25) is 0 Å². The summed E-state index contributed by atoms with van der Waals surface area (Å²) in [6.07, 6.45) is -0.0326. The third-order valence-electron chi connectivity index (χ3n) is 2.97. The minimum atomic E-state index is -3.04. The summed E-state index contributed by atoms with van der Waals surface area (Å²) in [5, 5.41) is 11.8. The van der Waals surface area contributed by atoms with Gasteiger partial charge in [0.05, 0.1) is 17.2 Å². The maximum atomic E-state index is 13.2. The van der Waals surface area contributed by atoms with Crippen LogP contribution in [0.4, 0.5) is 4.39 Å². The molecule has 19 heavy (non-hydrogen) atoms. The zero-order valence-corrected chi connectivity index (χ0v) is 11.2. The second-order valence-corrected chi connectivity index (χ2v) is 6.70. The smallest absolute Gasteiger partial charge is 0.154 e. The Balaban J connectivity index is 2.26. The van der Waals surface area contributed by atoms with Crippen LogP contribution in [-0.4, -0.2) is 36.9 Å². The fourth-order valence-electron chi connectivity index (χ4n) is 1.97. The Morgan fingerprint density at radius 3 is 2.84 bits per heavy atom. The molecule has 1 aliphatic rings. The Bertz CT molecular complexity index is 612. The summed E-state index contributed by atoms with van der Waals surface area (Å²) in [6.45, 7) is 1.51. The van der Waals surface area contributed by atoms with Crippen molar-refractivity contribution in [1.29, 1.82) is 0 Å². The molecular formula is C12H14FNO4S. The summed E-state index contributed by atoms with van der Waals surface area (Å²) >= 11 is 0. The number of sulfone groups is 1. The van der Waals surface area contributed by atoms with Crippen molar-refractivity contribution >= 4 is 15.5 Å². The van der Waals surface area contributed by atoms with Gasteiger partial charge >= 0.3 is 0 Å². The van der Waals surface area contributed by atoms with Gasteiger partial charge in [-0.05, 0) is 31.5 Å². The lowest BCUT2D eigenvalue weighted by atomic mass is 10.1. The predicted molar refractivity (Wildman–Crippen MR) is 68.1 cm³/mol. The number of benzene rings is 1. The number of rotatable bonds is 3. The van der Waals surface area contributed by atoms with Crippen LogP contribution >= 0.6 is 0 Å². The normalized spacial score (nSPS) is 22.4. The Morgan fingerprint density at radius 2 is 2.26 bits per heavy atom. The summed E-state index contributed by atoms with van der Waals surface area (Å²) in [4.78, 5) is 0. The largest absolute Gasteiger partial charge is 0.489 e. The monoisotopic (exact) mass is 287 g/mol. The molecule has 1 aromatic carbocycles. The minimum Gasteiger partial charge on any atom is -0.489 e. The van der Waals surface area contributed by atoms with Gasteiger partial charge in [-0.3, -0.25) is 0 Å². The lowest BCUT2D eigenvalue weighted by Crippen LogP contribution is -2.19. The molecule has 1 aliphatic heterocycles. The van der Waals surface area contributed by atoms with Crippen molar-refractivity contribution in [3.63, 3.8) is 0 Å². The molecule has 0 amide bonds. The van der Waals surface area contributed by atoms with Gasteiger partial charge in [0.15, 0.2) is 9.84 Å². The van der Waals surface area contributed by atoms with Crippen LogP contribution in [0.15, 0.2) is 23.4 Å². The Hall–Kier alpha value is -1.63. The molecule has 1 aromatic rings. The van der Waals surface area contributed by atoms with Crippen molar-refractivity contribution in [1.82, 2.24) is 0 Å². The Labute approximate surface area is 110 Å². The SMILES string of the molecule is CC(=NO)c1cc(F)ccc1OC1CCS(=O)(=O)C1. The van der Waals surface area contributed by atoms with Crippen molar-refractivity contribution in [3.8, 4) is 5.75 Å². The van der Waals surface area contributed by atoms with E-state index < -0.39 is 21.8 Å². The van der Waals surface area contributed by atoms with Crippen molar-refractivity contribution in [2.75, 3.05) is 11.5 Å². The number of ether oxygens (including phenoxy) is 1. The molecule has 1 N–H and O–H groups in total. The molecule has 0 aromatic heterocycles. The van der Waals surface area contributed by atoms with E-state index in [0.29, 0.717) is 17.7 Å². The maximum absolute atomic E-state index is 13.2. The quantitative estimate of drug-likeness (QED) is 0.520. The highest BCUT2D eigenvalue weighted by Crippen LogP contribution is 2.25. The fraction of sp³-hybridized carbons (Fsp3) is 0.417. The van der Waals surface area contributed by atoms with Crippen molar-refractivity contribution in [2.24, 2.45) is 5.16 Å². The second-order valence-electron chi connectivity index (χ2n) is 4.47. The van der Waals surface area contributed by atoms with Gasteiger partial charge in [-0.15, -0.1) is 0 Å². The van der Waals surface area contributed by atoms with E-state index in [9.17, 15) is 12.8 Å². The lowest BCUT2D eigenvalue weighted by molar-refractivity contribution is 0.228. The molecule has 104 valence electrons. The van der Waals surface area contributed by atoms with E-state index in [2.05, 4.69) is 5.16 Å². The Morgan fingerprint density at radius 1 is 1.53 bits per heavy atom. The Kier molecular flexibility index (Phi) is 3.75. The van der Waals surface area contributed by atoms with Gasteiger partial charge in [-0.25, -0.2) is 12.8 Å². The van der Waals surface area contributed by atoms with E-state index in [0.717, 1.165) is 0 Å². The summed E-state index contributed by atoms with van der Waals surface area (Å²) in [5.41, 5.74) is 0.516. The van der Waals surface area contributed by atoms with Crippen LogP contribution < -0.4 is 4.74 Å². The van der Waals surface area contributed by atoms with Gasteiger partial charge < -0.3 is 9.94 Å². The third kappa shape index (κ3) is 3.23. The summed E-state index contributed by atoms with van der Waals surface area (Å²) < 4.78 is 41.5. The average Bonchev–Trinajstić information content (AvgIpc) is 2.70. The number of hydrogen-bond donors (Lipinski definition) is 1. The number of nitrogens with zero attached hydrogens (tertiary/aromatic N) is 1. The molecule has 0 saturated carbocycles. The molecule has 0 bridgehead atoms. The zero-order valence-electron chi connectivity index (χ0n) is 10.3. The highest BCUT2D eigenvalue weighted by atomic mass is 32.2. The number of hydrogen-bond acceptors (Lipinski definition) is 5. The number of halogens is 1. The van der Waals surface area contributed by atoms with Crippen LogP contribution in [0.3, 0.4) is 0 Å². The summed E-state index contributed by atoms with van der Waals surface area (Å²) in [5.74, 6) is -0.108. The standard InChI is InChI=1S/C12H14FNO4S/c1-8(14-15)11-6-9(13)2-3-12(11)18-10-4-5-19(16,17)7-10/h2-3,6,10,15H,4-5,7H2,1H3. The fourth-order valence-corrected chi connectivity index (χ4v) is 3.56. The summed E-state index contributed by atoms with van der Waals surface area (Å²) in [6, 6.07) is 3.81. The topological polar surface area (TPSA) is 76.0 Å². The molecular weight excluding hydrogens is 273 g/mol. The molecule has 1 unspecified atom stereocenters. The van der Waals surface area contributed by atoms with Crippen molar-refractivity contribution in [2.45, 2.75) is 19.4 Å². The van der Waals surface area contributed by atoms with Crippen LogP contribution in [0.2, 0.25) is 0 Å². The van der Waals surface area contributed by atoms with Gasteiger partial charge in [-0.1, -0.05) is 5.16 Å². The van der Waals surface area contributed by atoms with Gasteiger partial charge in [0.25, 0.3) is 0 Å². The van der Waals surface area contributed by atoms with E-state index in [-0.39, 0.29) is 17.2 Å². The molecule has 2 rings (SSSR count). The van der Waals surface area contributed by atoms with Crippen molar-refractivity contribution in [3.05, 3.63) is 29.6 Å². The first-order valence-electron chi connectivity index (χ1n) is 5.77. The minimum absolute atomic E-state index is 0.0425. The number of oxime groups is 1. The first-order valence-corrected chi connectivity index (χ1v) is 7.59. The first-order chi connectivity index (χ1) is 8.91. The van der Waals surface area contributed by atoms with Gasteiger partial charge in [0.1, 0.15) is 17.7 Å². The van der Waals surface area contributed by atoms with Crippen molar-refractivity contribution < 1.29 is 22.8 Å².